The van der Waals surface area contributed by atoms with Crippen molar-refractivity contribution in [3.8, 4) is 11.3 Å². The zero-order valence-electron chi connectivity index (χ0n) is 17.3. The van der Waals surface area contributed by atoms with Gasteiger partial charge in [0.2, 0.25) is 0 Å². The summed E-state index contributed by atoms with van der Waals surface area (Å²) in [5.41, 5.74) is 1.62. The molecule has 2 aliphatic rings. The largest absolute Gasteiger partial charge is 0.441 e. The number of aryl methyl sites for hydroxylation is 1. The molecule has 0 radical (unpaired) electrons. The number of nitrogens with one attached hydrogen (secondary N) is 2. The van der Waals surface area contributed by atoms with Crippen molar-refractivity contribution in [1.29, 1.82) is 0 Å². The average molecular weight is 424 g/mol. The standard InChI is InChI=1S/C22H25FN6O2/c1-13-25-12-20(31-13)14-2-5-19-15(8-14)9-21(28-27-19)26-22(30)29-17-3-4-18(29)11-16(10-17)24-7-6-23/h2,5,8-9,12,16-18,24H,3-4,6-7,10-11H2,1H3,(H,26,28,30)/t16-,17+,18-. The van der Waals surface area contributed by atoms with Gasteiger partial charge < -0.3 is 14.6 Å². The van der Waals surface area contributed by atoms with Gasteiger partial charge in [0.25, 0.3) is 0 Å². The average Bonchev–Trinajstić information content (AvgIpc) is 3.32. The number of urea groups is 1. The first-order valence-electron chi connectivity index (χ1n) is 10.7. The number of nitrogens with zero attached hydrogens (tertiary/aromatic N) is 4. The number of hydrogen-bond acceptors (Lipinski definition) is 6. The molecule has 4 heterocycles. The minimum atomic E-state index is -0.367. The van der Waals surface area contributed by atoms with Gasteiger partial charge in [-0.15, -0.1) is 10.2 Å². The monoisotopic (exact) mass is 424 g/mol. The van der Waals surface area contributed by atoms with Gasteiger partial charge in [-0.3, -0.25) is 5.32 Å². The van der Waals surface area contributed by atoms with Crippen LogP contribution >= 0.6 is 0 Å². The third-order valence-corrected chi connectivity index (χ3v) is 6.22. The van der Waals surface area contributed by atoms with Crippen LogP contribution < -0.4 is 10.6 Å². The quantitative estimate of drug-likeness (QED) is 0.649. The number of anilines is 1. The summed E-state index contributed by atoms with van der Waals surface area (Å²) in [7, 11) is 0. The van der Waals surface area contributed by atoms with Crippen LogP contribution in [0.5, 0.6) is 0 Å². The SMILES string of the molecule is Cc1ncc(-c2ccc3nnc(NC(=O)N4[C@@H]5CC[C@H]4C[C@@H](NCCF)C5)cc3c2)o1. The Labute approximate surface area is 179 Å². The molecule has 2 aliphatic heterocycles. The van der Waals surface area contributed by atoms with Crippen molar-refractivity contribution < 1.29 is 13.6 Å². The predicted octanol–water partition coefficient (Wildman–Crippen LogP) is 3.68. The van der Waals surface area contributed by atoms with Crippen LogP contribution in [0.15, 0.2) is 34.9 Å². The van der Waals surface area contributed by atoms with E-state index in [1.807, 2.05) is 29.2 Å². The summed E-state index contributed by atoms with van der Waals surface area (Å²) in [6.45, 7) is 1.81. The van der Waals surface area contributed by atoms with Crippen molar-refractivity contribution >= 4 is 22.8 Å². The van der Waals surface area contributed by atoms with Crippen LogP contribution in [0.25, 0.3) is 22.2 Å². The van der Waals surface area contributed by atoms with Gasteiger partial charge in [0.1, 0.15) is 6.67 Å². The number of amides is 2. The highest BCUT2D eigenvalue weighted by Gasteiger charge is 2.43. The first kappa shape index (κ1) is 19.9. The maximum atomic E-state index is 13.0. The lowest BCUT2D eigenvalue weighted by molar-refractivity contribution is 0.141. The number of alkyl halides is 1. The van der Waals surface area contributed by atoms with Crippen molar-refractivity contribution in [3.63, 3.8) is 0 Å². The van der Waals surface area contributed by atoms with Crippen molar-refractivity contribution in [3.05, 3.63) is 36.4 Å². The predicted molar refractivity (Wildman–Crippen MR) is 114 cm³/mol. The van der Waals surface area contributed by atoms with Gasteiger partial charge in [0.05, 0.1) is 11.7 Å². The Balaban J connectivity index is 1.31. The molecule has 31 heavy (non-hydrogen) atoms. The molecule has 3 aromatic rings. The fraction of sp³-hybridized carbons (Fsp3) is 0.455. The molecule has 2 bridgehead atoms. The maximum Gasteiger partial charge on any atom is 0.323 e. The minimum Gasteiger partial charge on any atom is -0.441 e. The molecule has 0 aliphatic carbocycles. The molecular weight excluding hydrogens is 399 g/mol. The Morgan fingerprint density at radius 3 is 2.74 bits per heavy atom. The lowest BCUT2D eigenvalue weighted by atomic mass is 9.97. The van der Waals surface area contributed by atoms with Gasteiger partial charge in [-0.25, -0.2) is 14.2 Å². The molecule has 2 N–H and O–H groups in total. The normalized spacial score (nSPS) is 22.8. The third-order valence-electron chi connectivity index (χ3n) is 6.22. The topological polar surface area (TPSA) is 96.2 Å². The van der Waals surface area contributed by atoms with Crippen LogP contribution in [0.3, 0.4) is 0 Å². The second kappa shape index (κ2) is 8.22. The number of carbonyl (C=O) groups excluding carboxylic acids is 1. The van der Waals surface area contributed by atoms with Gasteiger partial charge in [-0.2, -0.15) is 0 Å². The molecule has 162 valence electrons. The summed E-state index contributed by atoms with van der Waals surface area (Å²) in [6, 6.07) is 8.03. The zero-order chi connectivity index (χ0) is 21.4. The van der Waals surface area contributed by atoms with Crippen LogP contribution in [-0.2, 0) is 0 Å². The highest BCUT2D eigenvalue weighted by molar-refractivity contribution is 5.92. The van der Waals surface area contributed by atoms with Crippen LogP contribution in [0.1, 0.15) is 31.6 Å². The fourth-order valence-corrected chi connectivity index (χ4v) is 4.86. The lowest BCUT2D eigenvalue weighted by Gasteiger charge is -2.39. The second-order valence-corrected chi connectivity index (χ2v) is 8.28. The number of fused-ring (bicyclic) bond motifs is 3. The third kappa shape index (κ3) is 3.97. The molecular formula is C22H25FN6O2. The fourth-order valence-electron chi connectivity index (χ4n) is 4.86. The summed E-state index contributed by atoms with van der Waals surface area (Å²) < 4.78 is 18.1. The molecule has 2 fully saturated rings. The summed E-state index contributed by atoms with van der Waals surface area (Å²) in [6.07, 6.45) is 5.36. The van der Waals surface area contributed by atoms with Crippen molar-refractivity contribution in [2.24, 2.45) is 0 Å². The van der Waals surface area contributed by atoms with Gasteiger partial charge in [-0.05, 0) is 49.9 Å². The first-order valence-corrected chi connectivity index (χ1v) is 10.7. The Morgan fingerprint density at radius 1 is 1.23 bits per heavy atom. The number of hydrogen-bond donors (Lipinski definition) is 2. The number of halogens is 1. The molecule has 0 saturated carbocycles. The maximum absolute atomic E-state index is 13.0. The Bertz CT molecular complexity index is 1090. The van der Waals surface area contributed by atoms with Gasteiger partial charge in [-0.1, -0.05) is 0 Å². The smallest absolute Gasteiger partial charge is 0.323 e. The summed E-state index contributed by atoms with van der Waals surface area (Å²) in [5, 5.41) is 15.5. The Morgan fingerprint density at radius 2 is 2.03 bits per heavy atom. The van der Waals surface area contributed by atoms with E-state index in [4.69, 9.17) is 4.42 Å². The lowest BCUT2D eigenvalue weighted by Crippen LogP contribution is -2.53. The Hall–Kier alpha value is -3.07. The van der Waals surface area contributed by atoms with Crippen molar-refractivity contribution in [2.75, 3.05) is 18.5 Å². The van der Waals surface area contributed by atoms with Crippen LogP contribution in [0.4, 0.5) is 15.0 Å². The molecule has 0 unspecified atom stereocenters. The van der Waals surface area contributed by atoms with E-state index < -0.39 is 0 Å². The van der Waals surface area contributed by atoms with Gasteiger partial charge >= 0.3 is 6.03 Å². The molecule has 2 aromatic heterocycles. The van der Waals surface area contributed by atoms with Gasteiger partial charge in [0, 0.05) is 42.5 Å². The van der Waals surface area contributed by atoms with E-state index in [-0.39, 0.29) is 30.8 Å². The molecule has 9 heteroatoms. The zero-order valence-corrected chi connectivity index (χ0v) is 17.3. The second-order valence-electron chi connectivity index (χ2n) is 8.28. The van der Waals surface area contributed by atoms with E-state index in [1.165, 1.54) is 0 Å². The highest BCUT2D eigenvalue weighted by Crippen LogP contribution is 2.36. The summed E-state index contributed by atoms with van der Waals surface area (Å²) in [5.74, 6) is 1.71. The molecule has 5 rings (SSSR count). The number of oxazole rings is 1. The number of rotatable bonds is 5. The van der Waals surface area contributed by atoms with Crippen molar-refractivity contribution in [2.45, 2.75) is 50.7 Å². The molecule has 3 atom stereocenters. The number of piperidine rings is 1. The van der Waals surface area contributed by atoms with Crippen molar-refractivity contribution in [1.82, 2.24) is 25.4 Å². The highest BCUT2D eigenvalue weighted by atomic mass is 19.1. The number of carbonyl (C=O) groups is 1. The van der Waals surface area contributed by atoms with E-state index in [0.29, 0.717) is 24.0 Å². The first-order chi connectivity index (χ1) is 15.1. The van der Waals surface area contributed by atoms with E-state index >= 15 is 0 Å². The molecule has 2 amide bonds. The number of aromatic nitrogens is 3. The number of benzene rings is 1. The van der Waals surface area contributed by atoms with Crippen LogP contribution in [-0.4, -0.2) is 57.5 Å². The van der Waals surface area contributed by atoms with Crippen LogP contribution in [0.2, 0.25) is 0 Å². The molecule has 2 saturated heterocycles. The molecule has 1 aromatic carbocycles. The molecule has 8 nitrogen and oxygen atoms in total. The Kier molecular flexibility index (Phi) is 5.27. The van der Waals surface area contributed by atoms with Gasteiger partial charge in [0.15, 0.2) is 17.5 Å². The van der Waals surface area contributed by atoms with E-state index in [0.717, 1.165) is 42.1 Å². The summed E-state index contributed by atoms with van der Waals surface area (Å²) >= 11 is 0. The van der Waals surface area contributed by atoms with E-state index in [9.17, 15) is 9.18 Å². The van der Waals surface area contributed by atoms with E-state index in [2.05, 4.69) is 25.8 Å². The molecule has 0 spiro atoms. The summed E-state index contributed by atoms with van der Waals surface area (Å²) in [4.78, 5) is 19.1. The van der Waals surface area contributed by atoms with E-state index in [1.54, 1.807) is 13.1 Å². The minimum absolute atomic E-state index is 0.146. The van der Waals surface area contributed by atoms with Crippen LogP contribution in [0, 0.1) is 6.92 Å².